The molecule has 1 N–H and O–H groups in total. The largest absolute Gasteiger partial charge is 0.495 e. The van der Waals surface area contributed by atoms with E-state index in [1.54, 1.807) is 11.6 Å². The minimum atomic E-state index is 0.661. The minimum Gasteiger partial charge on any atom is -0.495 e. The molecule has 2 aromatic heterocycles. The van der Waals surface area contributed by atoms with Crippen molar-refractivity contribution in [3.8, 4) is 5.75 Å². The number of piperazine rings is 1. The van der Waals surface area contributed by atoms with Gasteiger partial charge in [-0.25, -0.2) is 4.98 Å². The Hall–Kier alpha value is -3.46. The van der Waals surface area contributed by atoms with Crippen molar-refractivity contribution in [1.82, 2.24) is 29.9 Å². The summed E-state index contributed by atoms with van der Waals surface area (Å²) < 4.78 is 7.28. The van der Waals surface area contributed by atoms with E-state index in [2.05, 4.69) is 61.8 Å². The molecule has 32 heavy (non-hydrogen) atoms. The highest BCUT2D eigenvalue weighted by Gasteiger charge is 2.19. The van der Waals surface area contributed by atoms with Gasteiger partial charge in [0.05, 0.1) is 23.8 Å². The fourth-order valence-corrected chi connectivity index (χ4v) is 4.30. The zero-order chi connectivity index (χ0) is 21.9. The van der Waals surface area contributed by atoms with Crippen molar-refractivity contribution in [2.45, 2.75) is 13.3 Å². The first-order chi connectivity index (χ1) is 15.7. The fourth-order valence-electron chi connectivity index (χ4n) is 4.30. The Morgan fingerprint density at radius 1 is 1.06 bits per heavy atom. The molecular weight excluding hydrogens is 404 g/mol. The van der Waals surface area contributed by atoms with Crippen LogP contribution in [0.5, 0.6) is 5.75 Å². The number of hydrogen-bond donors (Lipinski definition) is 1. The van der Waals surface area contributed by atoms with Crippen LogP contribution in [0.15, 0.2) is 42.5 Å². The number of nitrogens with one attached hydrogen (secondary N) is 1. The molecule has 3 heterocycles. The molecule has 9 heteroatoms. The van der Waals surface area contributed by atoms with Crippen molar-refractivity contribution in [2.75, 3.05) is 56.6 Å². The van der Waals surface area contributed by atoms with E-state index in [0.717, 1.165) is 73.9 Å². The van der Waals surface area contributed by atoms with Crippen molar-refractivity contribution >= 4 is 28.2 Å². The van der Waals surface area contributed by atoms with Crippen molar-refractivity contribution in [1.29, 1.82) is 0 Å². The highest BCUT2D eigenvalue weighted by atomic mass is 16.5. The Morgan fingerprint density at radius 2 is 1.91 bits per heavy atom. The summed E-state index contributed by atoms with van der Waals surface area (Å²) in [6.45, 7) is 8.02. The van der Waals surface area contributed by atoms with Crippen molar-refractivity contribution in [3.05, 3.63) is 48.0 Å². The van der Waals surface area contributed by atoms with Gasteiger partial charge in [-0.3, -0.25) is 4.90 Å². The number of tetrazole rings is 1. The summed E-state index contributed by atoms with van der Waals surface area (Å²) >= 11 is 0. The lowest BCUT2D eigenvalue weighted by molar-refractivity contribution is 0.256. The van der Waals surface area contributed by atoms with Gasteiger partial charge >= 0.3 is 0 Å². The van der Waals surface area contributed by atoms with Gasteiger partial charge in [-0.05, 0) is 60.1 Å². The van der Waals surface area contributed by atoms with E-state index in [1.807, 2.05) is 18.2 Å². The first-order valence-corrected chi connectivity index (χ1v) is 11.1. The van der Waals surface area contributed by atoms with E-state index >= 15 is 0 Å². The molecule has 0 spiro atoms. The van der Waals surface area contributed by atoms with Crippen LogP contribution in [0.4, 0.5) is 11.5 Å². The molecule has 1 saturated heterocycles. The molecule has 1 fully saturated rings. The van der Waals surface area contributed by atoms with Crippen molar-refractivity contribution in [3.63, 3.8) is 0 Å². The maximum atomic E-state index is 5.52. The Bertz CT molecular complexity index is 1220. The second-order valence-electron chi connectivity index (χ2n) is 8.15. The third kappa shape index (κ3) is 4.03. The summed E-state index contributed by atoms with van der Waals surface area (Å²) in [6.07, 6.45) is 1.02. The fraction of sp³-hybridized carbons (Fsp3) is 0.391. The lowest BCUT2D eigenvalue weighted by atomic mass is 10.2. The van der Waals surface area contributed by atoms with E-state index in [1.165, 1.54) is 5.69 Å². The van der Waals surface area contributed by atoms with E-state index in [4.69, 9.17) is 9.72 Å². The molecule has 1 aliphatic rings. The highest BCUT2D eigenvalue weighted by molar-refractivity contribution is 5.82. The zero-order valence-corrected chi connectivity index (χ0v) is 18.5. The number of ether oxygens (including phenoxy) is 1. The molecule has 0 aliphatic carbocycles. The van der Waals surface area contributed by atoms with Crippen molar-refractivity contribution in [2.24, 2.45) is 0 Å². The van der Waals surface area contributed by atoms with Crippen LogP contribution in [0.1, 0.15) is 12.0 Å². The van der Waals surface area contributed by atoms with Gasteiger partial charge in [-0.1, -0.05) is 18.2 Å². The Morgan fingerprint density at radius 3 is 2.75 bits per heavy atom. The van der Waals surface area contributed by atoms with Crippen LogP contribution in [0, 0.1) is 6.92 Å². The number of rotatable bonds is 7. The van der Waals surface area contributed by atoms with Gasteiger partial charge in [0.15, 0.2) is 5.82 Å². The third-order valence-corrected chi connectivity index (χ3v) is 6.01. The average molecular weight is 433 g/mol. The summed E-state index contributed by atoms with van der Waals surface area (Å²) in [5.41, 5.74) is 4.80. The number of anilines is 2. The molecule has 0 radical (unpaired) electrons. The van der Waals surface area contributed by atoms with Crippen LogP contribution in [-0.4, -0.2) is 76.3 Å². The first kappa shape index (κ1) is 20.4. The number of hydrogen-bond acceptors (Lipinski definition) is 8. The normalized spacial score (nSPS) is 14.9. The molecule has 0 atom stereocenters. The lowest BCUT2D eigenvalue weighted by Gasteiger charge is -2.36. The van der Waals surface area contributed by atoms with Gasteiger partial charge in [-0.2, -0.15) is 4.52 Å². The summed E-state index contributed by atoms with van der Waals surface area (Å²) in [4.78, 5) is 9.67. The predicted molar refractivity (Wildman–Crippen MR) is 126 cm³/mol. The van der Waals surface area contributed by atoms with Gasteiger partial charge in [0.2, 0.25) is 5.65 Å². The molecule has 9 nitrogen and oxygen atoms in total. The number of para-hydroxylation sites is 2. The molecular formula is C23H28N8O. The molecule has 0 bridgehead atoms. The Kier molecular flexibility index (Phi) is 5.72. The molecule has 4 aromatic rings. The van der Waals surface area contributed by atoms with Crippen LogP contribution >= 0.6 is 0 Å². The number of methoxy groups -OCH3 is 1. The van der Waals surface area contributed by atoms with E-state index < -0.39 is 0 Å². The average Bonchev–Trinajstić information content (AvgIpc) is 3.33. The second-order valence-corrected chi connectivity index (χ2v) is 8.15. The minimum absolute atomic E-state index is 0.661. The van der Waals surface area contributed by atoms with E-state index in [-0.39, 0.29) is 0 Å². The SMILES string of the molecule is COc1ccccc1N1CCN(CCCNc2nc3ccc(C)cc3n3nnnc23)CC1. The molecule has 2 aromatic carbocycles. The van der Waals surface area contributed by atoms with Crippen LogP contribution < -0.4 is 15.0 Å². The number of benzene rings is 2. The molecule has 0 saturated carbocycles. The molecule has 1 aliphatic heterocycles. The molecule has 5 rings (SSSR count). The summed E-state index contributed by atoms with van der Waals surface area (Å²) in [5, 5.41) is 15.6. The maximum absolute atomic E-state index is 5.52. The smallest absolute Gasteiger partial charge is 0.222 e. The summed E-state index contributed by atoms with van der Waals surface area (Å²) in [5.74, 6) is 1.67. The molecule has 0 amide bonds. The standard InChI is InChI=1S/C23H28N8O/c1-17-8-9-18-20(16-17)31-23(26-27-28-31)22(25-18)24-10-5-11-29-12-14-30(15-13-29)19-6-3-4-7-21(19)32-2/h3-4,6-9,16H,5,10-15H2,1-2H3,(H,24,25). The van der Waals surface area contributed by atoms with Gasteiger partial charge in [-0.15, -0.1) is 5.10 Å². The van der Waals surface area contributed by atoms with E-state index in [0.29, 0.717) is 5.65 Å². The number of nitrogens with zero attached hydrogens (tertiary/aromatic N) is 7. The van der Waals surface area contributed by atoms with Gasteiger partial charge in [0.1, 0.15) is 5.75 Å². The highest BCUT2D eigenvalue weighted by Crippen LogP contribution is 2.28. The maximum Gasteiger partial charge on any atom is 0.222 e. The number of fused-ring (bicyclic) bond motifs is 3. The van der Waals surface area contributed by atoms with Crippen LogP contribution in [-0.2, 0) is 0 Å². The first-order valence-electron chi connectivity index (χ1n) is 11.1. The van der Waals surface area contributed by atoms with E-state index in [9.17, 15) is 0 Å². The number of aromatic nitrogens is 5. The van der Waals surface area contributed by atoms with Crippen LogP contribution in [0.3, 0.4) is 0 Å². The van der Waals surface area contributed by atoms with Crippen LogP contribution in [0.25, 0.3) is 16.7 Å². The van der Waals surface area contributed by atoms with Crippen molar-refractivity contribution < 1.29 is 4.74 Å². The predicted octanol–water partition coefficient (Wildman–Crippen LogP) is 2.61. The molecule has 166 valence electrons. The van der Waals surface area contributed by atoms with Gasteiger partial charge < -0.3 is 15.0 Å². The third-order valence-electron chi connectivity index (χ3n) is 6.01. The summed E-state index contributed by atoms with van der Waals surface area (Å²) in [7, 11) is 1.73. The second kappa shape index (κ2) is 8.96. The van der Waals surface area contributed by atoms with Gasteiger partial charge in [0.25, 0.3) is 0 Å². The topological polar surface area (TPSA) is 83.7 Å². The zero-order valence-electron chi connectivity index (χ0n) is 18.5. The van der Waals surface area contributed by atoms with Gasteiger partial charge in [0, 0.05) is 32.7 Å². The van der Waals surface area contributed by atoms with Crippen LogP contribution in [0.2, 0.25) is 0 Å². The summed E-state index contributed by atoms with van der Waals surface area (Å²) in [6, 6.07) is 14.4. The monoisotopic (exact) mass is 432 g/mol. The number of aryl methyl sites for hydroxylation is 1. The Balaban J connectivity index is 1.16. The lowest BCUT2D eigenvalue weighted by Crippen LogP contribution is -2.46. The Labute approximate surface area is 187 Å². The molecule has 0 unspecified atom stereocenters. The quantitative estimate of drug-likeness (QED) is 0.446.